The molecule has 0 saturated carbocycles. The highest BCUT2D eigenvalue weighted by molar-refractivity contribution is 8.11. The van der Waals surface area contributed by atoms with E-state index in [0.29, 0.717) is 0 Å². The smallest absolute Gasteiger partial charge is 0.216 e. The fraction of sp³-hybridized carbons (Fsp3) is 1.00. The van der Waals surface area contributed by atoms with Crippen LogP contribution in [0.15, 0.2) is 0 Å². The van der Waals surface area contributed by atoms with Crippen LogP contribution in [0.25, 0.3) is 0 Å². The Morgan fingerprint density at radius 3 is 2.73 bits per heavy atom. The van der Waals surface area contributed by atoms with Crippen molar-refractivity contribution in [3.8, 4) is 0 Å². The number of unbranched alkanes of at least 4 members (excludes halogenated alkanes) is 2. The zero-order valence-corrected chi connectivity index (χ0v) is 11.6. The monoisotopic (exact) mass is 249 g/mol. The molecule has 0 aromatic rings. The Balaban J connectivity index is 2.34. The van der Waals surface area contributed by atoms with Crippen molar-refractivity contribution in [2.24, 2.45) is 0 Å². The maximum atomic E-state index is 5.89. The molecule has 4 heteroatoms. The minimum Gasteiger partial charge on any atom is -0.342 e. The largest absolute Gasteiger partial charge is 0.342 e. The Labute approximate surface area is 104 Å². The van der Waals surface area contributed by atoms with Crippen molar-refractivity contribution in [1.82, 2.24) is 4.90 Å². The Bertz CT molecular complexity index is 180. The fourth-order valence-electron chi connectivity index (χ4n) is 1.61. The lowest BCUT2D eigenvalue weighted by atomic mass is 10.3. The standard InChI is InChI=1S/C11H23NOS2/c1-3-5-7-12-8-10-15-11(12,14)13-9-6-4-2/h14H,3-10H2,1-2H3. The third-order valence-electron chi connectivity index (χ3n) is 2.62. The first-order valence-corrected chi connectivity index (χ1v) is 7.41. The molecule has 0 N–H and O–H groups in total. The van der Waals surface area contributed by atoms with Gasteiger partial charge in [-0.15, -0.1) is 12.6 Å². The molecule has 0 aromatic carbocycles. The van der Waals surface area contributed by atoms with Gasteiger partial charge in [-0.05, 0) is 12.8 Å². The molecule has 0 amide bonds. The summed E-state index contributed by atoms with van der Waals surface area (Å²) >= 11 is 6.51. The first-order chi connectivity index (χ1) is 7.23. The summed E-state index contributed by atoms with van der Waals surface area (Å²) in [6.45, 7) is 7.46. The van der Waals surface area contributed by atoms with Crippen molar-refractivity contribution in [2.75, 3.05) is 25.4 Å². The minimum absolute atomic E-state index is 0.343. The molecule has 1 rings (SSSR count). The highest BCUT2D eigenvalue weighted by Gasteiger charge is 2.38. The van der Waals surface area contributed by atoms with E-state index in [9.17, 15) is 0 Å². The summed E-state index contributed by atoms with van der Waals surface area (Å²) in [5.41, 5.74) is 0. The van der Waals surface area contributed by atoms with E-state index in [4.69, 9.17) is 4.74 Å². The quantitative estimate of drug-likeness (QED) is 0.423. The third-order valence-corrected chi connectivity index (χ3v) is 4.56. The highest BCUT2D eigenvalue weighted by Crippen LogP contribution is 2.40. The Kier molecular flexibility index (Phi) is 6.43. The summed E-state index contributed by atoms with van der Waals surface area (Å²) in [5, 5.41) is 0. The van der Waals surface area contributed by atoms with Crippen LogP contribution in [0.4, 0.5) is 0 Å². The van der Waals surface area contributed by atoms with Crippen molar-refractivity contribution in [2.45, 2.75) is 43.9 Å². The number of rotatable bonds is 7. The molecule has 1 aliphatic rings. The van der Waals surface area contributed by atoms with Gasteiger partial charge in [-0.25, -0.2) is 0 Å². The zero-order chi connectivity index (χ0) is 11.1. The van der Waals surface area contributed by atoms with E-state index in [1.54, 1.807) is 0 Å². The summed E-state index contributed by atoms with van der Waals surface area (Å²) in [6, 6.07) is 0. The molecule has 1 saturated heterocycles. The van der Waals surface area contributed by atoms with Crippen LogP contribution in [0.2, 0.25) is 0 Å². The molecule has 1 aliphatic heterocycles. The number of thiol groups is 1. The Morgan fingerprint density at radius 1 is 1.33 bits per heavy atom. The maximum absolute atomic E-state index is 5.89. The topological polar surface area (TPSA) is 12.5 Å². The van der Waals surface area contributed by atoms with Gasteiger partial charge in [0.05, 0.1) is 6.61 Å². The maximum Gasteiger partial charge on any atom is 0.216 e. The van der Waals surface area contributed by atoms with Crippen LogP contribution in [0.1, 0.15) is 39.5 Å². The normalized spacial score (nSPS) is 27.4. The van der Waals surface area contributed by atoms with Gasteiger partial charge in [0.15, 0.2) is 0 Å². The van der Waals surface area contributed by atoms with Crippen molar-refractivity contribution < 1.29 is 4.74 Å². The molecule has 90 valence electrons. The minimum atomic E-state index is -0.343. The van der Waals surface area contributed by atoms with Gasteiger partial charge in [-0.3, -0.25) is 4.90 Å². The molecular weight excluding hydrogens is 226 g/mol. The van der Waals surface area contributed by atoms with Crippen LogP contribution in [-0.2, 0) is 4.74 Å². The van der Waals surface area contributed by atoms with Gasteiger partial charge in [-0.2, -0.15) is 0 Å². The summed E-state index contributed by atoms with van der Waals surface area (Å²) in [6.07, 6.45) is 4.79. The average Bonchev–Trinajstić information content (AvgIpc) is 2.58. The number of nitrogens with zero attached hydrogens (tertiary/aromatic N) is 1. The number of hydrogen-bond donors (Lipinski definition) is 1. The number of thioether (sulfide) groups is 1. The van der Waals surface area contributed by atoms with E-state index in [2.05, 4.69) is 31.4 Å². The molecule has 0 bridgehead atoms. The predicted octanol–water partition coefficient (Wildman–Crippen LogP) is 3.19. The number of hydrogen-bond acceptors (Lipinski definition) is 4. The lowest BCUT2D eigenvalue weighted by molar-refractivity contribution is -0.0138. The van der Waals surface area contributed by atoms with Gasteiger partial charge in [0.25, 0.3) is 0 Å². The molecule has 0 aliphatic carbocycles. The highest BCUT2D eigenvalue weighted by atomic mass is 32.2. The molecule has 0 spiro atoms. The van der Waals surface area contributed by atoms with Crippen molar-refractivity contribution in [3.63, 3.8) is 0 Å². The second-order valence-corrected chi connectivity index (χ2v) is 6.10. The van der Waals surface area contributed by atoms with E-state index in [0.717, 1.165) is 31.9 Å². The molecule has 1 fully saturated rings. The van der Waals surface area contributed by atoms with Crippen molar-refractivity contribution in [3.05, 3.63) is 0 Å². The lowest BCUT2D eigenvalue weighted by Crippen LogP contribution is -2.40. The predicted molar refractivity (Wildman–Crippen MR) is 71.5 cm³/mol. The van der Waals surface area contributed by atoms with E-state index < -0.39 is 0 Å². The summed E-state index contributed by atoms with van der Waals surface area (Å²) in [4.78, 5) is 2.36. The van der Waals surface area contributed by atoms with Crippen LogP contribution in [0, 0.1) is 0 Å². The van der Waals surface area contributed by atoms with E-state index in [1.165, 1.54) is 19.3 Å². The molecule has 1 unspecified atom stereocenters. The second-order valence-electron chi connectivity index (χ2n) is 3.94. The van der Waals surface area contributed by atoms with Gasteiger partial charge in [0.2, 0.25) is 4.39 Å². The average molecular weight is 249 g/mol. The van der Waals surface area contributed by atoms with Gasteiger partial charge < -0.3 is 4.74 Å². The molecule has 1 heterocycles. The lowest BCUT2D eigenvalue weighted by Gasteiger charge is -2.32. The first kappa shape index (κ1) is 13.7. The van der Waals surface area contributed by atoms with Crippen LogP contribution < -0.4 is 0 Å². The summed E-state index contributed by atoms with van der Waals surface area (Å²) in [5.74, 6) is 1.14. The van der Waals surface area contributed by atoms with Gasteiger partial charge in [-0.1, -0.05) is 38.5 Å². The third kappa shape index (κ3) is 4.17. The molecule has 2 nitrogen and oxygen atoms in total. The van der Waals surface area contributed by atoms with Gasteiger partial charge in [0.1, 0.15) is 0 Å². The van der Waals surface area contributed by atoms with Crippen LogP contribution in [0.3, 0.4) is 0 Å². The zero-order valence-electron chi connectivity index (χ0n) is 9.87. The van der Waals surface area contributed by atoms with E-state index >= 15 is 0 Å². The molecular formula is C11H23NOS2. The summed E-state index contributed by atoms with van der Waals surface area (Å²) in [7, 11) is 0. The van der Waals surface area contributed by atoms with Crippen LogP contribution in [-0.4, -0.2) is 34.7 Å². The first-order valence-electron chi connectivity index (χ1n) is 5.98. The SMILES string of the molecule is CCCCOC1(S)SCCN1CCCC. The van der Waals surface area contributed by atoms with Crippen molar-refractivity contribution in [1.29, 1.82) is 0 Å². The van der Waals surface area contributed by atoms with Crippen LogP contribution in [0.5, 0.6) is 0 Å². The van der Waals surface area contributed by atoms with E-state index in [1.807, 2.05) is 11.8 Å². The Morgan fingerprint density at radius 2 is 2.07 bits per heavy atom. The van der Waals surface area contributed by atoms with Crippen LogP contribution >= 0.6 is 24.4 Å². The fourth-order valence-corrected chi connectivity index (χ4v) is 3.28. The molecule has 0 aromatic heterocycles. The molecule has 1 atom stereocenters. The second kappa shape index (κ2) is 7.05. The molecule has 0 radical (unpaired) electrons. The summed E-state index contributed by atoms with van der Waals surface area (Å²) < 4.78 is 5.55. The Hall–Kier alpha value is 0.620. The van der Waals surface area contributed by atoms with Gasteiger partial charge >= 0.3 is 0 Å². The number of ether oxygens (including phenoxy) is 1. The van der Waals surface area contributed by atoms with E-state index in [-0.39, 0.29) is 4.39 Å². The van der Waals surface area contributed by atoms with Gasteiger partial charge in [0, 0.05) is 18.8 Å². The molecule has 15 heavy (non-hydrogen) atoms. The van der Waals surface area contributed by atoms with Crippen molar-refractivity contribution >= 4 is 24.4 Å².